The van der Waals surface area contributed by atoms with Gasteiger partial charge in [0.15, 0.2) is 0 Å². The highest BCUT2D eigenvalue weighted by Gasteiger charge is 2.21. The van der Waals surface area contributed by atoms with Crippen molar-refractivity contribution in [1.29, 1.82) is 0 Å². The Labute approximate surface area is 84.3 Å². The van der Waals surface area contributed by atoms with Gasteiger partial charge in [0.1, 0.15) is 0 Å². The van der Waals surface area contributed by atoms with Gasteiger partial charge in [0.05, 0.1) is 11.3 Å². The first kappa shape index (κ1) is 10.9. The second kappa shape index (κ2) is 4.37. The minimum absolute atomic E-state index is 0.536. The van der Waals surface area contributed by atoms with Gasteiger partial charge < -0.3 is 5.11 Å². The Morgan fingerprint density at radius 2 is 2.43 bits per heavy atom. The number of aryl methyl sites for hydroxylation is 1. The Morgan fingerprint density at radius 1 is 1.71 bits per heavy atom. The van der Waals surface area contributed by atoms with E-state index in [1.807, 2.05) is 26.2 Å². The maximum absolute atomic E-state index is 9.98. The van der Waals surface area contributed by atoms with Crippen molar-refractivity contribution in [3.05, 3.63) is 24.5 Å². The normalized spacial score (nSPS) is 15.1. The van der Waals surface area contributed by atoms with E-state index in [0.29, 0.717) is 12.8 Å². The fourth-order valence-corrected chi connectivity index (χ4v) is 1.37. The number of allylic oxidation sites excluding steroid dienone is 1. The highest BCUT2D eigenvalue weighted by Crippen LogP contribution is 2.17. The molecule has 1 aromatic heterocycles. The topological polar surface area (TPSA) is 50.9 Å². The molecule has 0 spiro atoms. The fourth-order valence-electron chi connectivity index (χ4n) is 1.37. The van der Waals surface area contributed by atoms with E-state index in [2.05, 4.69) is 16.9 Å². The maximum atomic E-state index is 9.98. The van der Waals surface area contributed by atoms with Gasteiger partial charge in [-0.3, -0.25) is 4.68 Å². The van der Waals surface area contributed by atoms with Crippen molar-refractivity contribution in [2.24, 2.45) is 7.05 Å². The number of aromatic nitrogens is 3. The first-order valence-electron chi connectivity index (χ1n) is 4.72. The molecule has 1 unspecified atom stereocenters. The van der Waals surface area contributed by atoms with Gasteiger partial charge in [0.25, 0.3) is 0 Å². The fraction of sp³-hybridized carbons (Fsp3) is 0.600. The van der Waals surface area contributed by atoms with Crippen LogP contribution in [-0.4, -0.2) is 25.7 Å². The maximum Gasteiger partial charge on any atom is 0.0855 e. The molecule has 0 radical (unpaired) electrons. The quantitative estimate of drug-likeness (QED) is 0.715. The largest absolute Gasteiger partial charge is 0.390 e. The summed E-state index contributed by atoms with van der Waals surface area (Å²) in [5.41, 5.74) is 0.103. The molecule has 0 aliphatic carbocycles. The van der Waals surface area contributed by atoms with E-state index in [1.165, 1.54) is 0 Å². The summed E-state index contributed by atoms with van der Waals surface area (Å²) in [5, 5.41) is 17.7. The van der Waals surface area contributed by atoms with Gasteiger partial charge in [-0.1, -0.05) is 11.3 Å². The van der Waals surface area contributed by atoms with E-state index >= 15 is 0 Å². The lowest BCUT2D eigenvalue weighted by Crippen LogP contribution is -2.27. The summed E-state index contributed by atoms with van der Waals surface area (Å²) in [6, 6.07) is 0. The number of hydrogen-bond acceptors (Lipinski definition) is 3. The van der Waals surface area contributed by atoms with Crippen LogP contribution < -0.4 is 0 Å². The summed E-state index contributed by atoms with van der Waals surface area (Å²) >= 11 is 0. The Morgan fingerprint density at radius 3 is 2.93 bits per heavy atom. The Hall–Kier alpha value is -1.16. The number of rotatable bonds is 5. The van der Waals surface area contributed by atoms with E-state index in [-0.39, 0.29) is 0 Å². The molecule has 0 aliphatic heterocycles. The van der Waals surface area contributed by atoms with Crippen molar-refractivity contribution in [2.45, 2.75) is 31.8 Å². The predicted molar refractivity (Wildman–Crippen MR) is 54.8 cm³/mol. The molecule has 78 valence electrons. The zero-order valence-corrected chi connectivity index (χ0v) is 8.77. The standard InChI is InChI=1S/C10H17N3O/c1-4-5-6-10(2,14)7-9-8-13(3)12-11-9/h4,8,14H,1,5-7H2,2-3H3. The highest BCUT2D eigenvalue weighted by molar-refractivity contribution is 4.98. The summed E-state index contributed by atoms with van der Waals surface area (Å²) in [4.78, 5) is 0. The van der Waals surface area contributed by atoms with Crippen LogP contribution in [0.5, 0.6) is 0 Å². The average molecular weight is 195 g/mol. The molecule has 0 aliphatic rings. The molecule has 0 saturated heterocycles. The molecule has 0 fully saturated rings. The molecule has 0 aromatic carbocycles. The number of hydrogen-bond donors (Lipinski definition) is 1. The predicted octanol–water partition coefficient (Wildman–Crippen LogP) is 1.07. The average Bonchev–Trinajstić information content (AvgIpc) is 2.47. The van der Waals surface area contributed by atoms with Crippen LogP contribution in [-0.2, 0) is 13.5 Å². The van der Waals surface area contributed by atoms with E-state index < -0.39 is 5.60 Å². The van der Waals surface area contributed by atoms with Gasteiger partial charge in [-0.15, -0.1) is 11.7 Å². The number of aliphatic hydroxyl groups is 1. The van der Waals surface area contributed by atoms with E-state index in [1.54, 1.807) is 4.68 Å². The van der Waals surface area contributed by atoms with Crippen molar-refractivity contribution in [3.63, 3.8) is 0 Å². The van der Waals surface area contributed by atoms with Gasteiger partial charge >= 0.3 is 0 Å². The molecule has 1 aromatic rings. The molecule has 4 heteroatoms. The van der Waals surface area contributed by atoms with E-state index in [9.17, 15) is 5.11 Å². The molecule has 0 amide bonds. The van der Waals surface area contributed by atoms with E-state index in [4.69, 9.17) is 0 Å². The third-order valence-corrected chi connectivity index (χ3v) is 2.10. The Balaban J connectivity index is 2.53. The molecule has 0 saturated carbocycles. The van der Waals surface area contributed by atoms with Crippen LogP contribution in [0.4, 0.5) is 0 Å². The smallest absolute Gasteiger partial charge is 0.0855 e. The number of nitrogens with zero attached hydrogens (tertiary/aromatic N) is 3. The van der Waals surface area contributed by atoms with E-state index in [0.717, 1.165) is 12.1 Å². The molecule has 1 heterocycles. The molecule has 1 rings (SSSR count). The van der Waals surface area contributed by atoms with Gasteiger partial charge in [0.2, 0.25) is 0 Å². The van der Waals surface area contributed by atoms with Crippen molar-refractivity contribution < 1.29 is 5.11 Å². The Bertz CT molecular complexity index is 304. The zero-order chi connectivity index (χ0) is 10.6. The van der Waals surface area contributed by atoms with Crippen molar-refractivity contribution in [3.8, 4) is 0 Å². The summed E-state index contributed by atoms with van der Waals surface area (Å²) < 4.78 is 1.64. The lowest BCUT2D eigenvalue weighted by Gasteiger charge is -2.20. The third kappa shape index (κ3) is 3.30. The van der Waals surface area contributed by atoms with Crippen LogP contribution in [0.15, 0.2) is 18.9 Å². The van der Waals surface area contributed by atoms with Crippen LogP contribution >= 0.6 is 0 Å². The van der Waals surface area contributed by atoms with Crippen LogP contribution in [0.2, 0.25) is 0 Å². The summed E-state index contributed by atoms with van der Waals surface area (Å²) in [6.45, 7) is 5.44. The van der Waals surface area contributed by atoms with Crippen LogP contribution in [0.3, 0.4) is 0 Å². The second-order valence-electron chi connectivity index (χ2n) is 3.88. The molecule has 0 bridgehead atoms. The summed E-state index contributed by atoms with van der Waals surface area (Å²) in [7, 11) is 1.81. The van der Waals surface area contributed by atoms with Gasteiger partial charge in [-0.2, -0.15) is 0 Å². The molecule has 1 atom stereocenters. The third-order valence-electron chi connectivity index (χ3n) is 2.10. The van der Waals surface area contributed by atoms with Crippen LogP contribution in [0.25, 0.3) is 0 Å². The highest BCUT2D eigenvalue weighted by atomic mass is 16.3. The monoisotopic (exact) mass is 195 g/mol. The zero-order valence-electron chi connectivity index (χ0n) is 8.77. The first-order valence-corrected chi connectivity index (χ1v) is 4.72. The van der Waals surface area contributed by atoms with Crippen molar-refractivity contribution >= 4 is 0 Å². The molecule has 1 N–H and O–H groups in total. The second-order valence-corrected chi connectivity index (χ2v) is 3.88. The molecule has 14 heavy (non-hydrogen) atoms. The molecule has 4 nitrogen and oxygen atoms in total. The minimum atomic E-state index is -0.718. The van der Waals surface area contributed by atoms with Gasteiger partial charge in [0, 0.05) is 19.7 Å². The lowest BCUT2D eigenvalue weighted by molar-refractivity contribution is 0.0513. The first-order chi connectivity index (χ1) is 6.53. The summed E-state index contributed by atoms with van der Waals surface area (Å²) in [5.74, 6) is 0. The van der Waals surface area contributed by atoms with Gasteiger partial charge in [-0.05, 0) is 19.8 Å². The molecular formula is C10H17N3O. The minimum Gasteiger partial charge on any atom is -0.390 e. The Kier molecular flexibility index (Phi) is 3.41. The summed E-state index contributed by atoms with van der Waals surface area (Å²) in [6.07, 6.45) is 5.68. The van der Waals surface area contributed by atoms with Crippen LogP contribution in [0.1, 0.15) is 25.5 Å². The SMILES string of the molecule is C=CCCC(C)(O)Cc1cn(C)nn1. The van der Waals surface area contributed by atoms with Crippen LogP contribution in [0, 0.1) is 0 Å². The molecular weight excluding hydrogens is 178 g/mol. The lowest BCUT2D eigenvalue weighted by atomic mass is 9.95. The van der Waals surface area contributed by atoms with Gasteiger partial charge in [-0.25, -0.2) is 0 Å². The van der Waals surface area contributed by atoms with Crippen molar-refractivity contribution in [1.82, 2.24) is 15.0 Å². The van der Waals surface area contributed by atoms with Crippen molar-refractivity contribution in [2.75, 3.05) is 0 Å².